The van der Waals surface area contributed by atoms with E-state index in [1.165, 1.54) is 0 Å². The minimum atomic E-state index is -0.379. The molecule has 0 saturated heterocycles. The summed E-state index contributed by atoms with van der Waals surface area (Å²) < 4.78 is 0. The third kappa shape index (κ3) is 3.23. The van der Waals surface area contributed by atoms with Crippen molar-refractivity contribution in [1.82, 2.24) is 4.90 Å². The second-order valence-electron chi connectivity index (χ2n) is 2.80. The fourth-order valence-electron chi connectivity index (χ4n) is 0.764. The van der Waals surface area contributed by atoms with Crippen molar-refractivity contribution in [3.05, 3.63) is 23.4 Å². The van der Waals surface area contributed by atoms with Crippen molar-refractivity contribution in [2.45, 2.75) is 13.8 Å². The fraction of sp³-hybridized carbons (Fsp3) is 0.444. The van der Waals surface area contributed by atoms with E-state index in [-0.39, 0.29) is 5.91 Å². The van der Waals surface area contributed by atoms with Gasteiger partial charge in [-0.25, -0.2) is 0 Å². The van der Waals surface area contributed by atoms with Crippen LogP contribution in [0.1, 0.15) is 13.8 Å². The molecule has 0 saturated carbocycles. The molecule has 0 aromatic carbocycles. The summed E-state index contributed by atoms with van der Waals surface area (Å²) in [5.41, 5.74) is 6.63. The molecule has 0 fully saturated rings. The highest BCUT2D eigenvalue weighted by Gasteiger charge is 1.99. The van der Waals surface area contributed by atoms with E-state index in [0.29, 0.717) is 5.57 Å². The number of hydrogen-bond acceptors (Lipinski definition) is 2. The van der Waals surface area contributed by atoms with E-state index in [1.807, 2.05) is 32.0 Å². The number of nitrogens with two attached hydrogens (primary N) is 1. The van der Waals surface area contributed by atoms with E-state index in [1.54, 1.807) is 13.0 Å². The molecule has 0 aliphatic heterocycles. The molecular formula is C9H16N2O. The highest BCUT2D eigenvalue weighted by molar-refractivity contribution is 5.91. The van der Waals surface area contributed by atoms with Crippen LogP contribution in [-0.4, -0.2) is 24.9 Å². The van der Waals surface area contributed by atoms with Gasteiger partial charge in [-0.3, -0.25) is 4.79 Å². The molecule has 12 heavy (non-hydrogen) atoms. The zero-order chi connectivity index (χ0) is 9.72. The Balaban J connectivity index is 4.60. The number of rotatable bonds is 3. The first-order valence-corrected chi connectivity index (χ1v) is 3.80. The summed E-state index contributed by atoms with van der Waals surface area (Å²) in [6.07, 6.45) is 3.69. The molecule has 0 aromatic heterocycles. The highest BCUT2D eigenvalue weighted by Crippen LogP contribution is 2.04. The number of likely N-dealkylation sites (N-methyl/N-ethyl adjacent to an activating group) is 1. The van der Waals surface area contributed by atoms with Crippen LogP contribution in [0.25, 0.3) is 0 Å². The fourth-order valence-corrected chi connectivity index (χ4v) is 0.764. The molecule has 3 nitrogen and oxygen atoms in total. The van der Waals surface area contributed by atoms with Crippen molar-refractivity contribution in [3.63, 3.8) is 0 Å². The van der Waals surface area contributed by atoms with Gasteiger partial charge in [0.1, 0.15) is 0 Å². The molecule has 0 spiro atoms. The smallest absolute Gasteiger partial charge is 0.244 e. The molecular weight excluding hydrogens is 152 g/mol. The molecule has 1 amide bonds. The van der Waals surface area contributed by atoms with E-state index in [0.717, 1.165) is 5.70 Å². The molecule has 2 N–H and O–H groups in total. The molecule has 0 atom stereocenters. The Kier molecular flexibility index (Phi) is 4.11. The Morgan fingerprint density at radius 2 is 1.92 bits per heavy atom. The zero-order valence-electron chi connectivity index (χ0n) is 8.09. The minimum absolute atomic E-state index is 0.379. The van der Waals surface area contributed by atoms with Crippen LogP contribution >= 0.6 is 0 Å². The molecule has 68 valence electrons. The van der Waals surface area contributed by atoms with Gasteiger partial charge in [-0.15, -0.1) is 0 Å². The Morgan fingerprint density at radius 1 is 1.42 bits per heavy atom. The van der Waals surface area contributed by atoms with Gasteiger partial charge in [0.25, 0.3) is 0 Å². The maximum Gasteiger partial charge on any atom is 0.244 e. The van der Waals surface area contributed by atoms with Gasteiger partial charge in [-0.2, -0.15) is 0 Å². The van der Waals surface area contributed by atoms with E-state index < -0.39 is 0 Å². The van der Waals surface area contributed by atoms with Gasteiger partial charge in [-0.05, 0) is 19.9 Å². The maximum absolute atomic E-state index is 10.7. The lowest BCUT2D eigenvalue weighted by atomic mass is 10.2. The lowest BCUT2D eigenvalue weighted by Gasteiger charge is -2.13. The molecule has 0 aliphatic rings. The van der Waals surface area contributed by atoms with Gasteiger partial charge in [0.05, 0.1) is 0 Å². The van der Waals surface area contributed by atoms with Crippen LogP contribution in [0.3, 0.4) is 0 Å². The predicted molar refractivity (Wildman–Crippen MR) is 50.4 cm³/mol. The largest absolute Gasteiger partial charge is 0.378 e. The summed E-state index contributed by atoms with van der Waals surface area (Å²) in [6.45, 7) is 3.62. The molecule has 0 rings (SSSR count). The summed E-state index contributed by atoms with van der Waals surface area (Å²) in [6, 6.07) is 0. The number of primary amides is 1. The number of hydrogen-bond donors (Lipinski definition) is 1. The van der Waals surface area contributed by atoms with E-state index in [4.69, 9.17) is 5.73 Å². The van der Waals surface area contributed by atoms with Gasteiger partial charge >= 0.3 is 0 Å². The quantitative estimate of drug-likeness (QED) is 0.502. The Bertz CT molecular complexity index is 227. The summed E-state index contributed by atoms with van der Waals surface area (Å²) in [5.74, 6) is -0.379. The van der Waals surface area contributed by atoms with Crippen molar-refractivity contribution >= 4 is 5.91 Å². The summed E-state index contributed by atoms with van der Waals surface area (Å²) in [5, 5.41) is 0. The normalized spacial score (nSPS) is 13.0. The molecule has 0 aromatic rings. The molecule has 0 unspecified atom stereocenters. The van der Waals surface area contributed by atoms with Crippen LogP contribution < -0.4 is 5.73 Å². The van der Waals surface area contributed by atoms with E-state index in [2.05, 4.69) is 0 Å². The van der Waals surface area contributed by atoms with Gasteiger partial charge in [0.15, 0.2) is 0 Å². The van der Waals surface area contributed by atoms with Gasteiger partial charge in [0, 0.05) is 25.4 Å². The third-order valence-electron chi connectivity index (χ3n) is 1.57. The SMILES string of the molecule is C/C=C(\C=C(/C)C(N)=O)N(C)C. The first-order valence-electron chi connectivity index (χ1n) is 3.80. The highest BCUT2D eigenvalue weighted by atomic mass is 16.1. The van der Waals surface area contributed by atoms with Crippen LogP contribution in [0.5, 0.6) is 0 Å². The van der Waals surface area contributed by atoms with Crippen LogP contribution in [0.15, 0.2) is 23.4 Å². The number of allylic oxidation sites excluding steroid dienone is 2. The third-order valence-corrected chi connectivity index (χ3v) is 1.57. The summed E-state index contributed by atoms with van der Waals surface area (Å²) >= 11 is 0. The van der Waals surface area contributed by atoms with Crippen LogP contribution in [0.4, 0.5) is 0 Å². The van der Waals surface area contributed by atoms with Gasteiger partial charge in [-0.1, -0.05) is 6.08 Å². The van der Waals surface area contributed by atoms with Crippen LogP contribution in [0, 0.1) is 0 Å². The number of amides is 1. The molecule has 0 heterocycles. The maximum atomic E-state index is 10.7. The molecule has 0 aliphatic carbocycles. The second-order valence-corrected chi connectivity index (χ2v) is 2.80. The van der Waals surface area contributed by atoms with Gasteiger partial charge < -0.3 is 10.6 Å². The standard InChI is InChI=1S/C9H16N2O/c1-5-8(11(3)4)6-7(2)9(10)12/h5-6H,1-4H3,(H2,10,12)/b7-6+,8-5+. The number of carbonyl (C=O) groups excluding carboxylic acids is 1. The minimum Gasteiger partial charge on any atom is -0.378 e. The molecule has 3 heteroatoms. The van der Waals surface area contributed by atoms with Crippen molar-refractivity contribution in [3.8, 4) is 0 Å². The zero-order valence-corrected chi connectivity index (χ0v) is 8.09. The van der Waals surface area contributed by atoms with E-state index in [9.17, 15) is 4.79 Å². The number of nitrogens with zero attached hydrogens (tertiary/aromatic N) is 1. The monoisotopic (exact) mass is 168 g/mol. The number of carbonyl (C=O) groups is 1. The van der Waals surface area contributed by atoms with Crippen LogP contribution in [0.2, 0.25) is 0 Å². The lowest BCUT2D eigenvalue weighted by molar-refractivity contribution is -0.114. The van der Waals surface area contributed by atoms with Crippen molar-refractivity contribution < 1.29 is 4.79 Å². The predicted octanol–water partition coefficient (Wildman–Crippen LogP) is 0.883. The van der Waals surface area contributed by atoms with E-state index >= 15 is 0 Å². The van der Waals surface area contributed by atoms with Gasteiger partial charge in [0.2, 0.25) is 5.91 Å². The Morgan fingerprint density at radius 3 is 2.17 bits per heavy atom. The first-order chi connectivity index (χ1) is 5.49. The summed E-state index contributed by atoms with van der Waals surface area (Å²) in [4.78, 5) is 12.6. The van der Waals surface area contributed by atoms with Crippen LogP contribution in [-0.2, 0) is 4.79 Å². The van der Waals surface area contributed by atoms with Crippen molar-refractivity contribution in [2.75, 3.05) is 14.1 Å². The lowest BCUT2D eigenvalue weighted by Crippen LogP contribution is -2.14. The molecule has 0 radical (unpaired) electrons. The molecule has 0 bridgehead atoms. The Hall–Kier alpha value is -1.25. The Labute approximate surface area is 73.5 Å². The summed E-state index contributed by atoms with van der Waals surface area (Å²) in [7, 11) is 3.83. The topological polar surface area (TPSA) is 46.3 Å². The van der Waals surface area contributed by atoms with Crippen molar-refractivity contribution in [2.24, 2.45) is 5.73 Å². The first kappa shape index (κ1) is 10.8. The average molecular weight is 168 g/mol. The average Bonchev–Trinajstić information content (AvgIpc) is 1.98. The van der Waals surface area contributed by atoms with Crippen molar-refractivity contribution in [1.29, 1.82) is 0 Å². The second kappa shape index (κ2) is 4.59.